The van der Waals surface area contributed by atoms with Crippen LogP contribution in [0.1, 0.15) is 0 Å². The molecule has 0 amide bonds. The first kappa shape index (κ1) is 82.0. The van der Waals surface area contributed by atoms with Gasteiger partial charge >= 0.3 is 0 Å². The molecular weight excluding hydrogens is 4910 g/mol. The molecule has 0 unspecified atom stereocenters. The Morgan fingerprint density at radius 3 is 0.382 bits per heavy atom. The molecule has 0 aromatic heterocycles. The molecule has 0 spiro atoms. The van der Waals surface area contributed by atoms with Crippen molar-refractivity contribution in [2.24, 2.45) is 0 Å². The van der Waals surface area contributed by atoms with Crippen LogP contribution in [0.15, 0.2) is 0 Å². The first-order chi connectivity index (χ1) is 22.9. The Balaban J connectivity index is 7.82. The van der Waals surface area contributed by atoms with E-state index in [-0.39, 0.29) is 22.3 Å². The molecule has 0 rings (SSSR count). The van der Waals surface area contributed by atoms with Crippen LogP contribution in [0.2, 0.25) is 0 Å². The maximum absolute atomic E-state index is 2.87. The number of alkyl halides is 37. The van der Waals surface area contributed by atoms with Gasteiger partial charge in [0.25, 0.3) is 0 Å². The van der Waals surface area contributed by atoms with E-state index in [9.17, 15) is 0 Å². The molecule has 0 aliphatic rings. The van der Waals surface area contributed by atoms with Gasteiger partial charge in [0, 0.05) is 0 Å². The average Bonchev–Trinajstić information content (AvgIpc) is 2.94. The predicted octanol–water partition coefficient (Wildman–Crippen LogP) is 29.2. The van der Waals surface area contributed by atoms with Gasteiger partial charge in [-0.2, -0.15) is 0 Å². The highest BCUT2D eigenvalue weighted by atomic mass is 127. The van der Waals surface area contributed by atoms with Crippen molar-refractivity contribution in [3.63, 3.8) is 0 Å². The Kier molecular flexibility index (Phi) is 44.4. The van der Waals surface area contributed by atoms with Gasteiger partial charge in [0.2, 0.25) is 0 Å². The van der Waals surface area contributed by atoms with Crippen LogP contribution in [0.3, 0.4) is 0 Å². The largest absolute Gasteiger partial charge is 0.149 e. The Labute approximate surface area is 830 Å². The summed E-state index contributed by atoms with van der Waals surface area (Å²) in [5.74, 6) is 0. The molecular formula is C18HI37. The minimum absolute atomic E-state index is 0.000731. The fourth-order valence-electron chi connectivity index (χ4n) is 3.09. The second-order valence-corrected chi connectivity index (χ2v) is 111. The highest BCUT2D eigenvalue weighted by molar-refractivity contribution is 14.3. The summed E-state index contributed by atoms with van der Waals surface area (Å²) in [6.07, 6.45) is 0. The fraction of sp³-hybridized carbons (Fsp3) is 1.00. The zero-order chi connectivity index (χ0) is 46.1. The monoisotopic (exact) mass is 4910 g/mol. The first-order valence-electron chi connectivity index (χ1n) is 11.3. The summed E-state index contributed by atoms with van der Waals surface area (Å²) in [6, 6.07) is 0. The molecule has 55 heavy (non-hydrogen) atoms. The smallest absolute Gasteiger partial charge is 0.0686 e. The lowest BCUT2D eigenvalue weighted by Crippen LogP contribution is -2.73. The van der Waals surface area contributed by atoms with Crippen LogP contribution in [0.25, 0.3) is 0 Å². The molecule has 0 fully saturated rings. The van der Waals surface area contributed by atoms with Gasteiger partial charge in [-0.1, -0.05) is 836 Å². The van der Waals surface area contributed by atoms with E-state index in [1.165, 1.54) is 0 Å². The zero-order valence-electron chi connectivity index (χ0n) is 23.1. The Morgan fingerprint density at radius 2 is 0.273 bits per heavy atom. The van der Waals surface area contributed by atoms with Gasteiger partial charge in [0.05, 0.1) is 1.93 Å². The van der Waals surface area contributed by atoms with E-state index in [2.05, 4.69) is 836 Å². The van der Waals surface area contributed by atoms with Gasteiger partial charge in [-0.3, -0.25) is 0 Å². The summed E-state index contributed by atoms with van der Waals surface area (Å²) in [5.41, 5.74) is 0. The van der Waals surface area contributed by atoms with Gasteiger partial charge in [-0.25, -0.2) is 0 Å². The van der Waals surface area contributed by atoms with E-state index >= 15 is 0 Å². The van der Waals surface area contributed by atoms with E-state index in [0.717, 1.165) is 0 Å². The molecule has 0 nitrogen and oxygen atoms in total. The van der Waals surface area contributed by atoms with Crippen LogP contribution in [-0.4, -0.2) is 24.2 Å². The highest BCUT2D eigenvalue weighted by Gasteiger charge is 2.83. The third-order valence-electron chi connectivity index (χ3n) is 6.57. The zero-order valence-corrected chi connectivity index (χ0v) is 103. The van der Waals surface area contributed by atoms with Crippen molar-refractivity contribution in [2.75, 3.05) is 0 Å². The van der Waals surface area contributed by atoms with E-state index in [0.29, 0.717) is 1.93 Å². The van der Waals surface area contributed by atoms with Crippen LogP contribution in [0.4, 0.5) is 0 Å². The van der Waals surface area contributed by atoms with Gasteiger partial charge in [-0.05, 0) is 0 Å². The lowest BCUT2D eigenvalue weighted by molar-refractivity contribution is 0.610. The summed E-state index contributed by atoms with van der Waals surface area (Å²) >= 11 is 103. The van der Waals surface area contributed by atoms with Gasteiger partial charge < -0.3 is 0 Å². The van der Waals surface area contributed by atoms with E-state index in [4.69, 9.17) is 0 Å². The molecule has 0 aromatic rings. The van der Waals surface area contributed by atoms with E-state index in [1.807, 2.05) is 0 Å². The molecule has 0 N–H and O–H groups in total. The maximum Gasteiger partial charge on any atom is 0.149 e. The third-order valence-corrected chi connectivity index (χ3v) is 135. The molecule has 0 atom stereocenters. The second-order valence-electron chi connectivity index (χ2n) is 10.0. The number of halogens is 37. The molecule has 0 aliphatic heterocycles. The standard InChI is InChI=1S/C18HI37/c19-1(20)2(21,22)3(23,24)4(25,26)5(27,28)6(29,30)7(31,32)8(33,34)9(35,36)10(37,38)11(39,40)12(41,42)13(43,44)14(45,46)15(47,48)16(49,50)17(51,52)18(53,54)55/h1H. The van der Waals surface area contributed by atoms with Gasteiger partial charge in [0.15, 0.2) is 0 Å². The minimum Gasteiger partial charge on any atom is -0.0686 e. The van der Waals surface area contributed by atoms with Crippen molar-refractivity contribution >= 4 is 836 Å². The van der Waals surface area contributed by atoms with Crippen molar-refractivity contribution in [3.8, 4) is 0 Å². The average molecular weight is 4910 g/mol. The van der Waals surface area contributed by atoms with Crippen molar-refractivity contribution in [1.82, 2.24) is 0 Å². The molecule has 332 valence electrons. The second kappa shape index (κ2) is 29.8. The van der Waals surface area contributed by atoms with E-state index < -0.39 is 0 Å². The Morgan fingerprint density at radius 1 is 0.164 bits per heavy atom. The predicted molar refractivity (Wildman–Crippen MR) is 569 cm³/mol. The Hall–Kier alpha value is 27.0. The maximum atomic E-state index is 2.87. The van der Waals surface area contributed by atoms with Crippen molar-refractivity contribution in [2.45, 2.75) is 24.2 Å². The summed E-state index contributed by atoms with van der Waals surface area (Å²) in [5, 5.41) is 0. The minimum atomic E-state index is -0.252. The van der Waals surface area contributed by atoms with Crippen LogP contribution in [-0.2, 0) is 0 Å². The van der Waals surface area contributed by atoms with Crippen LogP contribution in [0.5, 0.6) is 0 Å². The van der Waals surface area contributed by atoms with Crippen LogP contribution >= 0.6 is 836 Å². The third kappa shape index (κ3) is 16.1. The van der Waals surface area contributed by atoms with E-state index in [1.54, 1.807) is 0 Å². The summed E-state index contributed by atoms with van der Waals surface area (Å²) in [6.45, 7) is 0. The topological polar surface area (TPSA) is 0 Å². The van der Waals surface area contributed by atoms with Crippen LogP contribution < -0.4 is 0 Å². The molecule has 0 heterocycles. The van der Waals surface area contributed by atoms with Crippen molar-refractivity contribution in [1.29, 1.82) is 0 Å². The molecule has 0 aliphatic carbocycles. The first-order valence-corrected chi connectivity index (χ1v) is 51.6. The fourth-order valence-corrected chi connectivity index (χ4v) is 63.7. The number of hydrogen-bond acceptors (Lipinski definition) is 0. The quantitative estimate of drug-likeness (QED) is 0.101. The summed E-state index contributed by atoms with van der Waals surface area (Å²) in [4.78, 5) is 0. The lowest BCUT2D eigenvalue weighted by Gasteiger charge is -2.63. The SMILES string of the molecule is IC(I)C(I)(I)C(I)(I)C(I)(I)C(I)(I)C(I)(I)C(I)(I)C(I)(I)C(I)(I)C(I)(I)C(I)(I)C(I)(I)C(I)(I)C(I)(I)C(I)(I)C(I)(I)C(I)(I)C(I)(I)I. The molecule has 0 saturated heterocycles. The molecule has 0 radical (unpaired) electrons. The van der Waals surface area contributed by atoms with Crippen LogP contribution in [0, 0.1) is 0 Å². The van der Waals surface area contributed by atoms with Gasteiger partial charge in [-0.15, -0.1) is 0 Å². The molecule has 0 saturated carbocycles. The van der Waals surface area contributed by atoms with Crippen molar-refractivity contribution in [3.05, 3.63) is 0 Å². The normalized spacial score (nSPS) is 17.3. The molecule has 37 heteroatoms. The van der Waals surface area contributed by atoms with Gasteiger partial charge in [0.1, 0.15) is 22.3 Å². The summed E-state index contributed by atoms with van der Waals surface area (Å²) in [7, 11) is 0. The number of hydrogen-bond donors (Lipinski definition) is 0. The summed E-state index contributed by atoms with van der Waals surface area (Å²) < 4.78 is -2.46. The van der Waals surface area contributed by atoms with Crippen molar-refractivity contribution < 1.29 is 0 Å². The highest BCUT2D eigenvalue weighted by Crippen LogP contribution is 2.85. The Bertz CT molecular complexity index is 1380. The lowest BCUT2D eigenvalue weighted by atomic mass is 10.0. The molecule has 0 aromatic carbocycles. The molecule has 0 bridgehead atoms. The number of rotatable bonds is 17.